The topological polar surface area (TPSA) is 87.9 Å². The van der Waals surface area contributed by atoms with Crippen LogP contribution in [0.3, 0.4) is 0 Å². The monoisotopic (exact) mass is 424 g/mol. The van der Waals surface area contributed by atoms with E-state index in [2.05, 4.69) is 41.4 Å². The van der Waals surface area contributed by atoms with Crippen LogP contribution in [0.2, 0.25) is 0 Å². The lowest BCUT2D eigenvalue weighted by molar-refractivity contribution is -0.122. The molecule has 31 heavy (non-hydrogen) atoms. The van der Waals surface area contributed by atoms with E-state index in [0.717, 1.165) is 38.9 Å². The van der Waals surface area contributed by atoms with Crippen LogP contribution in [-0.2, 0) is 16.0 Å². The van der Waals surface area contributed by atoms with Crippen molar-refractivity contribution in [1.82, 2.24) is 4.90 Å². The molecule has 2 aromatic carbocycles. The number of nitrogens with zero attached hydrogens (tertiary/aromatic N) is 2. The highest BCUT2D eigenvalue weighted by Gasteiger charge is 2.30. The van der Waals surface area contributed by atoms with Crippen LogP contribution in [0.1, 0.15) is 24.0 Å². The molecule has 0 spiro atoms. The quantitative estimate of drug-likeness (QED) is 0.681. The lowest BCUT2D eigenvalue weighted by atomic mass is 10.0. The Bertz CT molecular complexity index is 877. The van der Waals surface area contributed by atoms with Crippen LogP contribution in [0.4, 0.5) is 16.2 Å². The van der Waals surface area contributed by atoms with E-state index in [1.165, 1.54) is 18.2 Å². The second-order valence-electron chi connectivity index (χ2n) is 8.01. The first-order chi connectivity index (χ1) is 15.0. The molecule has 1 heterocycles. The smallest absolute Gasteiger partial charge is 0.316 e. The van der Waals surface area contributed by atoms with Gasteiger partial charge in [-0.2, -0.15) is 0 Å². The van der Waals surface area contributed by atoms with Crippen LogP contribution in [-0.4, -0.2) is 56.2 Å². The van der Waals surface area contributed by atoms with Gasteiger partial charge in [0.15, 0.2) is 0 Å². The van der Waals surface area contributed by atoms with E-state index in [4.69, 9.17) is 10.5 Å². The SMILES string of the molecule is COCC(=O)N(c1ccccc1NC(N)=O)C1CCN(CCc2ccc(C)cc2)CC1. The van der Waals surface area contributed by atoms with Gasteiger partial charge in [-0.25, -0.2) is 4.79 Å². The molecule has 2 aromatic rings. The number of primary amides is 1. The maximum atomic E-state index is 12.9. The summed E-state index contributed by atoms with van der Waals surface area (Å²) in [5.41, 5.74) is 9.13. The number of anilines is 2. The average molecular weight is 425 g/mol. The molecular weight excluding hydrogens is 392 g/mol. The van der Waals surface area contributed by atoms with Gasteiger partial charge in [0.25, 0.3) is 5.91 Å². The molecule has 0 radical (unpaired) electrons. The van der Waals surface area contributed by atoms with E-state index in [1.807, 2.05) is 12.1 Å². The third kappa shape index (κ3) is 6.29. The second kappa shape index (κ2) is 10.9. The van der Waals surface area contributed by atoms with Gasteiger partial charge in [-0.3, -0.25) is 4.79 Å². The van der Waals surface area contributed by atoms with Crippen molar-refractivity contribution in [2.45, 2.75) is 32.2 Å². The van der Waals surface area contributed by atoms with Crippen LogP contribution in [0.25, 0.3) is 0 Å². The van der Waals surface area contributed by atoms with E-state index in [0.29, 0.717) is 11.4 Å². The number of benzene rings is 2. The molecule has 0 aromatic heterocycles. The lowest BCUT2D eigenvalue weighted by Gasteiger charge is -2.39. The fourth-order valence-electron chi connectivity index (χ4n) is 4.09. The Morgan fingerprint density at radius 2 is 1.81 bits per heavy atom. The Labute approximate surface area is 184 Å². The molecule has 166 valence electrons. The van der Waals surface area contributed by atoms with Crippen molar-refractivity contribution in [2.75, 3.05) is 43.6 Å². The molecule has 0 saturated carbocycles. The minimum atomic E-state index is -0.655. The fraction of sp³-hybridized carbons (Fsp3) is 0.417. The first kappa shape index (κ1) is 22.8. The fourth-order valence-corrected chi connectivity index (χ4v) is 4.09. The summed E-state index contributed by atoms with van der Waals surface area (Å²) in [7, 11) is 1.51. The van der Waals surface area contributed by atoms with E-state index in [1.54, 1.807) is 17.0 Å². The summed E-state index contributed by atoms with van der Waals surface area (Å²) in [6, 6.07) is 15.3. The number of nitrogens with two attached hydrogens (primary N) is 1. The van der Waals surface area contributed by atoms with Gasteiger partial charge >= 0.3 is 6.03 Å². The molecular formula is C24H32N4O3. The number of likely N-dealkylation sites (tertiary alicyclic amines) is 1. The molecule has 0 bridgehead atoms. The predicted molar refractivity (Wildman–Crippen MR) is 123 cm³/mol. The van der Waals surface area contributed by atoms with Gasteiger partial charge < -0.3 is 25.6 Å². The zero-order chi connectivity index (χ0) is 22.2. The summed E-state index contributed by atoms with van der Waals surface area (Å²) < 4.78 is 5.12. The number of ether oxygens (including phenoxy) is 1. The molecule has 0 atom stereocenters. The Kier molecular flexibility index (Phi) is 8.03. The number of carbonyl (C=O) groups excluding carboxylic acids is 2. The lowest BCUT2D eigenvalue weighted by Crippen LogP contribution is -2.49. The van der Waals surface area contributed by atoms with E-state index in [-0.39, 0.29) is 18.6 Å². The molecule has 1 saturated heterocycles. The van der Waals surface area contributed by atoms with Gasteiger partial charge in [-0.15, -0.1) is 0 Å². The number of para-hydroxylation sites is 2. The summed E-state index contributed by atoms with van der Waals surface area (Å²) >= 11 is 0. The van der Waals surface area contributed by atoms with Gasteiger partial charge in [0.2, 0.25) is 0 Å². The zero-order valence-electron chi connectivity index (χ0n) is 18.3. The minimum Gasteiger partial charge on any atom is -0.375 e. The van der Waals surface area contributed by atoms with E-state index < -0.39 is 6.03 Å². The molecule has 3 rings (SSSR count). The van der Waals surface area contributed by atoms with Gasteiger partial charge in [-0.1, -0.05) is 42.0 Å². The largest absolute Gasteiger partial charge is 0.375 e. The number of amides is 3. The summed E-state index contributed by atoms with van der Waals surface area (Å²) in [6.07, 6.45) is 2.73. The number of methoxy groups -OCH3 is 1. The number of urea groups is 1. The molecule has 0 unspecified atom stereocenters. The van der Waals surface area contributed by atoms with Crippen molar-refractivity contribution in [3.63, 3.8) is 0 Å². The molecule has 1 aliphatic rings. The van der Waals surface area contributed by atoms with Crippen molar-refractivity contribution in [1.29, 1.82) is 0 Å². The van der Waals surface area contributed by atoms with Gasteiger partial charge in [0, 0.05) is 32.8 Å². The molecule has 3 N–H and O–H groups in total. The molecule has 1 aliphatic heterocycles. The highest BCUT2D eigenvalue weighted by atomic mass is 16.5. The zero-order valence-corrected chi connectivity index (χ0v) is 18.3. The van der Waals surface area contributed by atoms with Crippen LogP contribution < -0.4 is 16.0 Å². The highest BCUT2D eigenvalue weighted by Crippen LogP contribution is 2.31. The van der Waals surface area contributed by atoms with Crippen molar-refractivity contribution in [3.8, 4) is 0 Å². The Morgan fingerprint density at radius 3 is 2.45 bits per heavy atom. The third-order valence-electron chi connectivity index (χ3n) is 5.72. The van der Waals surface area contributed by atoms with Gasteiger partial charge in [0.1, 0.15) is 6.61 Å². The molecule has 1 fully saturated rings. The number of hydrogen-bond donors (Lipinski definition) is 2. The minimum absolute atomic E-state index is 0.0153. The predicted octanol–water partition coefficient (Wildman–Crippen LogP) is 3.17. The number of nitrogens with one attached hydrogen (secondary N) is 1. The molecule has 3 amide bonds. The summed E-state index contributed by atoms with van der Waals surface area (Å²) in [6.45, 7) is 4.92. The number of rotatable bonds is 8. The second-order valence-corrected chi connectivity index (χ2v) is 8.01. The van der Waals surface area contributed by atoms with Crippen LogP contribution in [0.5, 0.6) is 0 Å². The standard InChI is InChI=1S/C24H32N4O3/c1-18-7-9-19(10-8-18)11-14-27-15-12-20(13-16-27)28(23(29)17-31-2)22-6-4-3-5-21(22)26-24(25)30/h3-10,20H,11-17H2,1-2H3,(H3,25,26,30). The summed E-state index contributed by atoms with van der Waals surface area (Å²) in [5.74, 6) is -0.126. The molecule has 0 aliphatic carbocycles. The van der Waals surface area contributed by atoms with Crippen molar-refractivity contribution >= 4 is 23.3 Å². The first-order valence-electron chi connectivity index (χ1n) is 10.7. The van der Waals surface area contributed by atoms with Gasteiger partial charge in [0.05, 0.1) is 11.4 Å². The average Bonchev–Trinajstić information content (AvgIpc) is 2.75. The number of piperidine rings is 1. The van der Waals surface area contributed by atoms with Gasteiger partial charge in [-0.05, 0) is 43.9 Å². The van der Waals surface area contributed by atoms with Crippen LogP contribution >= 0.6 is 0 Å². The maximum absolute atomic E-state index is 12.9. The third-order valence-corrected chi connectivity index (χ3v) is 5.72. The van der Waals surface area contributed by atoms with Crippen LogP contribution in [0, 0.1) is 6.92 Å². The summed E-state index contributed by atoms with van der Waals surface area (Å²) in [4.78, 5) is 28.6. The number of hydrogen-bond acceptors (Lipinski definition) is 4. The number of aryl methyl sites for hydroxylation is 1. The summed E-state index contributed by atoms with van der Waals surface area (Å²) in [5, 5.41) is 2.63. The molecule has 7 heteroatoms. The Morgan fingerprint density at radius 1 is 1.13 bits per heavy atom. The molecule has 7 nitrogen and oxygen atoms in total. The normalized spacial score (nSPS) is 14.9. The van der Waals surface area contributed by atoms with Crippen molar-refractivity contribution in [2.24, 2.45) is 5.73 Å². The van der Waals surface area contributed by atoms with E-state index in [9.17, 15) is 9.59 Å². The Balaban J connectivity index is 1.67. The maximum Gasteiger partial charge on any atom is 0.316 e. The Hall–Kier alpha value is -2.90. The number of carbonyl (C=O) groups is 2. The van der Waals surface area contributed by atoms with E-state index >= 15 is 0 Å². The first-order valence-corrected chi connectivity index (χ1v) is 10.7. The van der Waals surface area contributed by atoms with Crippen molar-refractivity contribution in [3.05, 3.63) is 59.7 Å². The van der Waals surface area contributed by atoms with Crippen LogP contribution in [0.15, 0.2) is 48.5 Å². The van der Waals surface area contributed by atoms with Crippen molar-refractivity contribution < 1.29 is 14.3 Å². The highest BCUT2D eigenvalue weighted by molar-refractivity contribution is 6.01.